The number of ether oxygens (including phenoxy) is 2. The maximum atomic E-state index is 10.3. The molecular formula is C10H12O6P. The van der Waals surface area contributed by atoms with Gasteiger partial charge >= 0.3 is 8.25 Å². The van der Waals surface area contributed by atoms with Crippen molar-refractivity contribution in [1.82, 2.24) is 0 Å². The average Bonchev–Trinajstić information content (AvgIpc) is 2.30. The van der Waals surface area contributed by atoms with Crippen LogP contribution >= 0.6 is 8.25 Å². The molecular weight excluding hydrogens is 247 g/mol. The summed E-state index contributed by atoms with van der Waals surface area (Å²) in [4.78, 5) is 8.42. The van der Waals surface area contributed by atoms with Crippen molar-refractivity contribution < 1.29 is 28.6 Å². The Labute approximate surface area is 99.0 Å². The Morgan fingerprint density at radius 2 is 1.76 bits per heavy atom. The van der Waals surface area contributed by atoms with Crippen LogP contribution in [0.15, 0.2) is 18.4 Å². The number of phenols is 1. The normalized spacial score (nSPS) is 11.4. The quantitative estimate of drug-likeness (QED) is 0.621. The lowest BCUT2D eigenvalue weighted by molar-refractivity contribution is 0.339. The van der Waals surface area contributed by atoms with Crippen molar-refractivity contribution in [2.24, 2.45) is 0 Å². The van der Waals surface area contributed by atoms with Gasteiger partial charge in [-0.2, -0.15) is 0 Å². The van der Waals surface area contributed by atoms with Crippen LogP contribution in [0.3, 0.4) is 0 Å². The molecule has 1 aromatic rings. The molecule has 1 rings (SSSR count). The van der Waals surface area contributed by atoms with E-state index in [1.807, 2.05) is 0 Å². The number of hydrogen-bond donors (Lipinski definition) is 2. The van der Waals surface area contributed by atoms with Crippen LogP contribution in [-0.4, -0.2) is 24.2 Å². The number of hydrogen-bond acceptors (Lipinski definition) is 5. The Morgan fingerprint density at radius 1 is 1.24 bits per heavy atom. The summed E-state index contributed by atoms with van der Waals surface area (Å²) in [6, 6.07) is 3.06. The molecule has 0 bridgehead atoms. The second kappa shape index (κ2) is 6.08. The number of phenolic OH excluding ortho intramolecular Hbond substituents is 1. The first-order chi connectivity index (χ1) is 8.08. The summed E-state index contributed by atoms with van der Waals surface area (Å²) in [5.74, 6) is 0.357. The van der Waals surface area contributed by atoms with Gasteiger partial charge in [0.05, 0.1) is 14.2 Å². The van der Waals surface area contributed by atoms with Crippen molar-refractivity contribution >= 4 is 14.3 Å². The van der Waals surface area contributed by atoms with Gasteiger partial charge in [-0.25, -0.2) is 4.57 Å². The van der Waals surface area contributed by atoms with Crippen LogP contribution in [0, 0.1) is 0 Å². The van der Waals surface area contributed by atoms with Crippen molar-refractivity contribution in [1.29, 1.82) is 0 Å². The first-order valence-electron chi connectivity index (χ1n) is 4.53. The third-order valence-electron chi connectivity index (χ3n) is 1.91. The minimum Gasteiger partial charge on any atom is -0.502 e. The predicted molar refractivity (Wildman–Crippen MR) is 61.2 cm³/mol. The molecule has 0 aliphatic carbocycles. The van der Waals surface area contributed by atoms with Gasteiger partial charge in [0.1, 0.15) is 6.26 Å². The molecule has 0 aliphatic rings. The van der Waals surface area contributed by atoms with E-state index in [1.165, 1.54) is 32.4 Å². The lowest BCUT2D eigenvalue weighted by Gasteiger charge is -2.09. The maximum absolute atomic E-state index is 10.3. The van der Waals surface area contributed by atoms with Gasteiger partial charge in [-0.05, 0) is 23.8 Å². The summed E-state index contributed by atoms with van der Waals surface area (Å²) in [7, 11) is 0.138. The third-order valence-corrected chi connectivity index (χ3v) is 2.22. The molecule has 1 aromatic carbocycles. The first-order valence-corrected chi connectivity index (χ1v) is 5.66. The summed E-state index contributed by atoms with van der Waals surface area (Å²) in [6.07, 6.45) is 2.51. The Kier molecular flexibility index (Phi) is 4.75. The van der Waals surface area contributed by atoms with E-state index in [2.05, 4.69) is 4.52 Å². The minimum absolute atomic E-state index is 0.110. The molecule has 17 heavy (non-hydrogen) atoms. The third kappa shape index (κ3) is 3.62. The van der Waals surface area contributed by atoms with Gasteiger partial charge in [0, 0.05) is 0 Å². The van der Waals surface area contributed by atoms with Crippen LogP contribution in [0.1, 0.15) is 5.56 Å². The predicted octanol–water partition coefficient (Wildman–Crippen LogP) is 2.05. The number of benzene rings is 1. The molecule has 0 fully saturated rings. The SMILES string of the molecule is COc1cc(/C=C/O[P](=O)O)cc(OC)c1O. The fourth-order valence-electron chi connectivity index (χ4n) is 1.17. The highest BCUT2D eigenvalue weighted by atomic mass is 31.1. The molecule has 6 nitrogen and oxygen atoms in total. The monoisotopic (exact) mass is 259 g/mol. The Hall–Kier alpha value is -1.78. The van der Waals surface area contributed by atoms with Gasteiger partial charge in [-0.3, -0.25) is 4.89 Å². The first kappa shape index (κ1) is 13.3. The highest BCUT2D eigenvalue weighted by Crippen LogP contribution is 2.37. The van der Waals surface area contributed by atoms with E-state index in [0.717, 1.165) is 6.26 Å². The fourth-order valence-corrected chi connectivity index (χ4v) is 1.34. The molecule has 0 amide bonds. The summed E-state index contributed by atoms with van der Waals surface area (Å²) < 4.78 is 24.5. The molecule has 0 heterocycles. The van der Waals surface area contributed by atoms with Crippen LogP contribution in [0.25, 0.3) is 6.08 Å². The van der Waals surface area contributed by atoms with Gasteiger partial charge in [0.15, 0.2) is 11.5 Å². The summed E-state index contributed by atoms with van der Waals surface area (Å²) >= 11 is 0. The number of aromatic hydroxyl groups is 1. The van der Waals surface area contributed by atoms with E-state index in [9.17, 15) is 9.67 Å². The highest BCUT2D eigenvalue weighted by Gasteiger charge is 2.09. The van der Waals surface area contributed by atoms with E-state index in [4.69, 9.17) is 14.4 Å². The van der Waals surface area contributed by atoms with Crippen molar-refractivity contribution in [3.8, 4) is 17.2 Å². The smallest absolute Gasteiger partial charge is 0.425 e. The number of rotatable bonds is 5. The van der Waals surface area contributed by atoms with E-state index >= 15 is 0 Å². The molecule has 7 heteroatoms. The summed E-state index contributed by atoms with van der Waals surface area (Å²) in [6.45, 7) is 0. The second-order valence-electron chi connectivity index (χ2n) is 2.92. The van der Waals surface area contributed by atoms with Crippen molar-refractivity contribution in [2.75, 3.05) is 14.2 Å². The largest absolute Gasteiger partial charge is 0.502 e. The lowest BCUT2D eigenvalue weighted by atomic mass is 10.2. The maximum Gasteiger partial charge on any atom is 0.425 e. The van der Waals surface area contributed by atoms with E-state index in [-0.39, 0.29) is 17.2 Å². The Morgan fingerprint density at radius 3 is 2.18 bits per heavy atom. The molecule has 1 atom stereocenters. The van der Waals surface area contributed by atoms with Crippen LogP contribution in [0.5, 0.6) is 17.2 Å². The Bertz CT molecular complexity index is 417. The van der Waals surface area contributed by atoms with E-state index < -0.39 is 8.25 Å². The zero-order valence-electron chi connectivity index (χ0n) is 9.28. The molecule has 0 saturated carbocycles. The second-order valence-corrected chi connectivity index (χ2v) is 3.61. The van der Waals surface area contributed by atoms with Crippen molar-refractivity contribution in [3.05, 3.63) is 24.0 Å². The highest BCUT2D eigenvalue weighted by molar-refractivity contribution is 7.32. The molecule has 0 aromatic heterocycles. The van der Waals surface area contributed by atoms with Crippen molar-refractivity contribution in [2.45, 2.75) is 0 Å². The zero-order chi connectivity index (χ0) is 12.8. The fraction of sp³-hybridized carbons (Fsp3) is 0.200. The molecule has 0 aliphatic heterocycles. The molecule has 2 N–H and O–H groups in total. The van der Waals surface area contributed by atoms with Crippen molar-refractivity contribution in [3.63, 3.8) is 0 Å². The van der Waals surface area contributed by atoms with E-state index in [1.54, 1.807) is 0 Å². The topological polar surface area (TPSA) is 85.2 Å². The van der Waals surface area contributed by atoms with Crippen LogP contribution < -0.4 is 9.47 Å². The molecule has 0 spiro atoms. The van der Waals surface area contributed by atoms with Gasteiger partial charge in [0.2, 0.25) is 5.75 Å². The van der Waals surface area contributed by atoms with Gasteiger partial charge in [-0.1, -0.05) is 0 Å². The summed E-state index contributed by atoms with van der Waals surface area (Å²) in [5, 5.41) is 9.63. The van der Waals surface area contributed by atoms with Gasteiger partial charge in [0.25, 0.3) is 0 Å². The number of methoxy groups -OCH3 is 2. The average molecular weight is 259 g/mol. The van der Waals surface area contributed by atoms with Crippen LogP contribution in [-0.2, 0) is 9.09 Å². The van der Waals surface area contributed by atoms with Gasteiger partial charge in [-0.15, -0.1) is 0 Å². The standard InChI is InChI=1S/C10H12O6P/c1-14-8-5-7(3-4-16-17(12)13)6-9(15-2)10(8)11/h3-6,11H,1-2H3,(H,12,13)/b4-3+. The molecule has 0 saturated heterocycles. The van der Waals surface area contributed by atoms with E-state index in [0.29, 0.717) is 5.56 Å². The Balaban J connectivity index is 3.00. The molecule has 1 radical (unpaired) electrons. The van der Waals surface area contributed by atoms with Gasteiger partial charge < -0.3 is 19.1 Å². The summed E-state index contributed by atoms with van der Waals surface area (Å²) in [5.41, 5.74) is 0.591. The molecule has 93 valence electrons. The van der Waals surface area contributed by atoms with Crippen LogP contribution in [0.2, 0.25) is 0 Å². The zero-order valence-corrected chi connectivity index (χ0v) is 10.2. The van der Waals surface area contributed by atoms with Crippen LogP contribution in [0.4, 0.5) is 0 Å². The minimum atomic E-state index is -2.67. The lowest BCUT2D eigenvalue weighted by Crippen LogP contribution is -1.90. The molecule has 1 unspecified atom stereocenters.